The molecule has 3 heteroatoms. The van der Waals surface area contributed by atoms with Crippen molar-refractivity contribution in [1.82, 2.24) is 10.3 Å². The van der Waals surface area contributed by atoms with Crippen molar-refractivity contribution < 1.29 is 0 Å². The zero-order chi connectivity index (χ0) is 9.80. The summed E-state index contributed by atoms with van der Waals surface area (Å²) in [5, 5.41) is 4.21. The minimum Gasteiger partial charge on any atom is -0.315 e. The van der Waals surface area contributed by atoms with Crippen molar-refractivity contribution in [3.8, 4) is 10.6 Å². The molecular formula is C11H12N2S. The predicted molar refractivity (Wildman–Crippen MR) is 60.3 cm³/mol. The van der Waals surface area contributed by atoms with Crippen molar-refractivity contribution in [2.75, 3.05) is 7.05 Å². The Bertz CT molecular complexity index is 395. The van der Waals surface area contributed by atoms with Gasteiger partial charge >= 0.3 is 0 Å². The van der Waals surface area contributed by atoms with Crippen LogP contribution in [0.15, 0.2) is 36.5 Å². The summed E-state index contributed by atoms with van der Waals surface area (Å²) in [4.78, 5) is 5.65. The second kappa shape index (κ2) is 4.35. The van der Waals surface area contributed by atoms with Gasteiger partial charge < -0.3 is 5.32 Å². The van der Waals surface area contributed by atoms with Gasteiger partial charge in [-0.1, -0.05) is 30.3 Å². The van der Waals surface area contributed by atoms with Crippen LogP contribution in [0.1, 0.15) is 4.88 Å². The molecule has 0 saturated carbocycles. The van der Waals surface area contributed by atoms with Gasteiger partial charge in [-0.05, 0) is 7.05 Å². The second-order valence-electron chi connectivity index (χ2n) is 3.03. The van der Waals surface area contributed by atoms with E-state index in [4.69, 9.17) is 0 Å². The highest BCUT2D eigenvalue weighted by atomic mass is 32.1. The van der Waals surface area contributed by atoms with Crippen LogP contribution in [0.4, 0.5) is 0 Å². The van der Waals surface area contributed by atoms with Crippen molar-refractivity contribution in [3.63, 3.8) is 0 Å². The van der Waals surface area contributed by atoms with Gasteiger partial charge in [0.25, 0.3) is 0 Å². The Kier molecular flexibility index (Phi) is 2.91. The summed E-state index contributed by atoms with van der Waals surface area (Å²) in [6, 6.07) is 10.3. The lowest BCUT2D eigenvalue weighted by Crippen LogP contribution is -2.02. The number of thiazole rings is 1. The van der Waals surface area contributed by atoms with Crippen LogP contribution in [0.2, 0.25) is 0 Å². The van der Waals surface area contributed by atoms with Gasteiger partial charge in [0.05, 0.1) is 0 Å². The molecule has 0 spiro atoms. The first-order chi connectivity index (χ1) is 6.90. The van der Waals surface area contributed by atoms with Crippen LogP contribution in [0.5, 0.6) is 0 Å². The van der Waals surface area contributed by atoms with E-state index in [9.17, 15) is 0 Å². The summed E-state index contributed by atoms with van der Waals surface area (Å²) in [5.41, 5.74) is 1.19. The van der Waals surface area contributed by atoms with Crippen LogP contribution in [0.3, 0.4) is 0 Å². The SMILES string of the molecule is CNCc1cnc(-c2ccccc2)s1. The fraction of sp³-hybridized carbons (Fsp3) is 0.182. The van der Waals surface area contributed by atoms with Gasteiger partial charge in [-0.25, -0.2) is 4.98 Å². The second-order valence-corrected chi connectivity index (χ2v) is 4.14. The summed E-state index contributed by atoms with van der Waals surface area (Å²) >= 11 is 1.74. The summed E-state index contributed by atoms with van der Waals surface area (Å²) in [6.45, 7) is 0.893. The Hall–Kier alpha value is -1.19. The summed E-state index contributed by atoms with van der Waals surface area (Å²) in [5.74, 6) is 0. The molecule has 0 unspecified atom stereocenters. The molecule has 0 aliphatic carbocycles. The molecule has 72 valence electrons. The summed E-state index contributed by atoms with van der Waals surface area (Å²) in [7, 11) is 1.95. The first-order valence-corrected chi connectivity index (χ1v) is 5.36. The van der Waals surface area contributed by atoms with Crippen molar-refractivity contribution >= 4 is 11.3 Å². The van der Waals surface area contributed by atoms with E-state index in [-0.39, 0.29) is 0 Å². The first kappa shape index (κ1) is 9.37. The van der Waals surface area contributed by atoms with Crippen molar-refractivity contribution in [3.05, 3.63) is 41.4 Å². The largest absolute Gasteiger partial charge is 0.315 e. The van der Waals surface area contributed by atoms with E-state index in [1.165, 1.54) is 10.4 Å². The van der Waals surface area contributed by atoms with E-state index in [1.807, 2.05) is 31.4 Å². The average molecular weight is 204 g/mol. The quantitative estimate of drug-likeness (QED) is 0.831. The highest BCUT2D eigenvalue weighted by Gasteiger charge is 2.02. The molecule has 0 saturated heterocycles. The zero-order valence-corrected chi connectivity index (χ0v) is 8.84. The number of nitrogens with one attached hydrogen (secondary N) is 1. The molecule has 0 aliphatic rings. The average Bonchev–Trinajstić information content (AvgIpc) is 2.68. The smallest absolute Gasteiger partial charge is 0.123 e. The molecule has 1 aromatic heterocycles. The Morgan fingerprint density at radius 3 is 2.79 bits per heavy atom. The molecule has 14 heavy (non-hydrogen) atoms. The number of aromatic nitrogens is 1. The van der Waals surface area contributed by atoms with E-state index < -0.39 is 0 Å². The minimum atomic E-state index is 0.893. The maximum Gasteiger partial charge on any atom is 0.123 e. The van der Waals surface area contributed by atoms with Crippen LogP contribution in [-0.4, -0.2) is 12.0 Å². The molecule has 1 N–H and O–H groups in total. The molecular weight excluding hydrogens is 192 g/mol. The Balaban J connectivity index is 2.25. The third-order valence-corrected chi connectivity index (χ3v) is 2.97. The zero-order valence-electron chi connectivity index (χ0n) is 8.03. The molecule has 2 nitrogen and oxygen atoms in total. The summed E-state index contributed by atoms with van der Waals surface area (Å²) < 4.78 is 0. The maximum atomic E-state index is 4.38. The van der Waals surface area contributed by atoms with Crippen LogP contribution in [-0.2, 0) is 6.54 Å². The number of nitrogens with zero attached hydrogens (tertiary/aromatic N) is 1. The first-order valence-electron chi connectivity index (χ1n) is 4.55. The van der Waals surface area contributed by atoms with E-state index >= 15 is 0 Å². The van der Waals surface area contributed by atoms with Crippen LogP contribution in [0.25, 0.3) is 10.6 Å². The Labute approximate surface area is 87.6 Å². The third kappa shape index (κ3) is 2.00. The minimum absolute atomic E-state index is 0.893. The molecule has 1 aromatic carbocycles. The fourth-order valence-electron chi connectivity index (χ4n) is 1.28. The van der Waals surface area contributed by atoms with Gasteiger partial charge in [-0.3, -0.25) is 0 Å². The van der Waals surface area contributed by atoms with Crippen molar-refractivity contribution in [2.24, 2.45) is 0 Å². The Morgan fingerprint density at radius 2 is 2.07 bits per heavy atom. The Morgan fingerprint density at radius 1 is 1.29 bits per heavy atom. The molecule has 2 aromatic rings. The molecule has 0 bridgehead atoms. The lowest BCUT2D eigenvalue weighted by Gasteiger charge is -1.93. The van der Waals surface area contributed by atoms with Crippen molar-refractivity contribution in [2.45, 2.75) is 6.54 Å². The van der Waals surface area contributed by atoms with Crippen molar-refractivity contribution in [1.29, 1.82) is 0 Å². The third-order valence-electron chi connectivity index (χ3n) is 1.93. The van der Waals surface area contributed by atoms with Gasteiger partial charge in [0.15, 0.2) is 0 Å². The lowest BCUT2D eigenvalue weighted by atomic mass is 10.2. The van der Waals surface area contributed by atoms with Gasteiger partial charge in [0, 0.05) is 23.2 Å². The molecule has 0 atom stereocenters. The van der Waals surface area contributed by atoms with E-state index in [0.717, 1.165) is 11.6 Å². The standard InChI is InChI=1S/C11H12N2S/c1-12-7-10-8-13-11(14-10)9-5-3-2-4-6-9/h2-6,8,12H,7H2,1H3. The highest BCUT2D eigenvalue weighted by Crippen LogP contribution is 2.24. The highest BCUT2D eigenvalue weighted by molar-refractivity contribution is 7.15. The molecule has 0 amide bonds. The van der Waals surface area contributed by atoms with Gasteiger partial charge in [-0.2, -0.15) is 0 Å². The lowest BCUT2D eigenvalue weighted by molar-refractivity contribution is 0.829. The molecule has 2 rings (SSSR count). The number of hydrogen-bond acceptors (Lipinski definition) is 3. The number of rotatable bonds is 3. The van der Waals surface area contributed by atoms with Gasteiger partial charge in [0.2, 0.25) is 0 Å². The van der Waals surface area contributed by atoms with Crippen LogP contribution < -0.4 is 5.32 Å². The van der Waals surface area contributed by atoms with Gasteiger partial charge in [0.1, 0.15) is 5.01 Å². The van der Waals surface area contributed by atoms with Crippen LogP contribution >= 0.6 is 11.3 Å². The van der Waals surface area contributed by atoms with E-state index in [2.05, 4.69) is 22.4 Å². The van der Waals surface area contributed by atoms with E-state index in [0.29, 0.717) is 0 Å². The van der Waals surface area contributed by atoms with Gasteiger partial charge in [-0.15, -0.1) is 11.3 Å². The summed E-state index contributed by atoms with van der Waals surface area (Å²) in [6.07, 6.45) is 1.93. The van der Waals surface area contributed by atoms with E-state index in [1.54, 1.807) is 11.3 Å². The normalized spacial score (nSPS) is 10.4. The molecule has 1 heterocycles. The monoisotopic (exact) mass is 204 g/mol. The fourth-order valence-corrected chi connectivity index (χ4v) is 2.21. The number of benzene rings is 1. The predicted octanol–water partition coefficient (Wildman–Crippen LogP) is 2.53. The molecule has 0 aliphatic heterocycles. The number of hydrogen-bond donors (Lipinski definition) is 1. The molecule has 0 fully saturated rings. The topological polar surface area (TPSA) is 24.9 Å². The maximum absolute atomic E-state index is 4.38. The molecule has 0 radical (unpaired) electrons. The van der Waals surface area contributed by atoms with Crippen LogP contribution in [0, 0.1) is 0 Å².